The van der Waals surface area contributed by atoms with Gasteiger partial charge in [0.15, 0.2) is 0 Å². The predicted octanol–water partition coefficient (Wildman–Crippen LogP) is 3.47. The molecule has 0 heterocycles. The Morgan fingerprint density at radius 1 is 1.19 bits per heavy atom. The first-order valence-electron chi connectivity index (χ1n) is 7.59. The third-order valence-corrected chi connectivity index (χ3v) is 4.14. The number of amides is 2. The molecule has 2 aromatic carbocycles. The number of nitrogens with one attached hydrogen (secondary N) is 1. The maximum atomic E-state index is 12.1. The van der Waals surface area contributed by atoms with E-state index in [2.05, 4.69) is 21.2 Å². The average Bonchev–Trinajstić information content (AvgIpc) is 2.61. The van der Waals surface area contributed by atoms with Crippen molar-refractivity contribution in [2.24, 2.45) is 0 Å². The van der Waals surface area contributed by atoms with E-state index in [1.807, 2.05) is 6.07 Å². The largest absolute Gasteiger partial charge is 0.333 e. The van der Waals surface area contributed by atoms with E-state index in [0.717, 1.165) is 4.47 Å². The van der Waals surface area contributed by atoms with E-state index in [9.17, 15) is 19.7 Å². The summed E-state index contributed by atoms with van der Waals surface area (Å²) in [6.07, 6.45) is 2.57. The predicted molar refractivity (Wildman–Crippen MR) is 103 cm³/mol. The number of para-hydroxylation sites is 2. The number of anilines is 1. The number of benzene rings is 2. The fraction of sp³-hybridized carbons (Fsp3) is 0.111. The molecular formula is C18H16BrN3O4. The molecule has 0 atom stereocenters. The minimum absolute atomic E-state index is 0.0918. The normalized spacial score (nSPS) is 10.5. The van der Waals surface area contributed by atoms with Crippen LogP contribution in [0.5, 0.6) is 0 Å². The third-order valence-electron chi connectivity index (χ3n) is 3.44. The number of carbonyl (C=O) groups is 2. The fourth-order valence-electron chi connectivity index (χ4n) is 2.13. The Balaban J connectivity index is 1.98. The lowest BCUT2D eigenvalue weighted by molar-refractivity contribution is -0.385. The molecular weight excluding hydrogens is 402 g/mol. The maximum absolute atomic E-state index is 12.1. The van der Waals surface area contributed by atoms with Crippen LogP contribution < -0.4 is 5.32 Å². The molecule has 0 spiro atoms. The number of hydrogen-bond acceptors (Lipinski definition) is 4. The summed E-state index contributed by atoms with van der Waals surface area (Å²) >= 11 is 3.33. The van der Waals surface area contributed by atoms with E-state index < -0.39 is 10.8 Å². The van der Waals surface area contributed by atoms with Crippen molar-refractivity contribution in [3.63, 3.8) is 0 Å². The van der Waals surface area contributed by atoms with Gasteiger partial charge in [0, 0.05) is 23.7 Å². The Morgan fingerprint density at radius 3 is 2.54 bits per heavy atom. The molecule has 0 unspecified atom stereocenters. The number of nitro groups is 1. The standard InChI is InChI=1S/C18H16BrN3O4/c1-21(12-17(23)20-15-8-4-3-7-14(15)19)18(24)11-10-13-6-2-5-9-16(13)22(25)26/h2-11H,12H2,1H3,(H,20,23)/b11-10+. The van der Waals surface area contributed by atoms with Crippen LogP contribution in [0.2, 0.25) is 0 Å². The minimum atomic E-state index is -0.515. The lowest BCUT2D eigenvalue weighted by atomic mass is 10.1. The second kappa shape index (κ2) is 8.91. The highest BCUT2D eigenvalue weighted by Gasteiger charge is 2.13. The highest BCUT2D eigenvalue weighted by atomic mass is 79.9. The summed E-state index contributed by atoms with van der Waals surface area (Å²) in [5.41, 5.74) is 0.830. The monoisotopic (exact) mass is 417 g/mol. The summed E-state index contributed by atoms with van der Waals surface area (Å²) < 4.78 is 0.735. The van der Waals surface area contributed by atoms with E-state index in [4.69, 9.17) is 0 Å². The number of nitrogens with zero attached hydrogens (tertiary/aromatic N) is 2. The van der Waals surface area contributed by atoms with E-state index in [0.29, 0.717) is 11.3 Å². The summed E-state index contributed by atoms with van der Waals surface area (Å²) in [4.78, 5) is 35.9. The second-order valence-corrected chi connectivity index (χ2v) is 6.23. The highest BCUT2D eigenvalue weighted by molar-refractivity contribution is 9.10. The van der Waals surface area contributed by atoms with Gasteiger partial charge < -0.3 is 10.2 Å². The molecule has 26 heavy (non-hydrogen) atoms. The summed E-state index contributed by atoms with van der Waals surface area (Å²) in [5, 5.41) is 13.7. The van der Waals surface area contributed by atoms with Gasteiger partial charge in [-0.3, -0.25) is 19.7 Å². The van der Waals surface area contributed by atoms with Crippen LogP contribution in [0.3, 0.4) is 0 Å². The lowest BCUT2D eigenvalue weighted by Crippen LogP contribution is -2.33. The number of rotatable bonds is 6. The van der Waals surface area contributed by atoms with Crippen molar-refractivity contribution < 1.29 is 14.5 Å². The molecule has 0 saturated carbocycles. The van der Waals surface area contributed by atoms with E-state index in [1.165, 1.54) is 30.2 Å². The maximum Gasteiger partial charge on any atom is 0.276 e. The summed E-state index contributed by atoms with van der Waals surface area (Å²) in [6, 6.07) is 13.2. The van der Waals surface area contributed by atoms with Crippen molar-refractivity contribution in [1.82, 2.24) is 4.90 Å². The zero-order valence-corrected chi connectivity index (χ0v) is 15.5. The Kier molecular flexibility index (Phi) is 6.62. The van der Waals surface area contributed by atoms with Gasteiger partial charge in [0.25, 0.3) is 5.69 Å². The molecule has 2 aromatic rings. The van der Waals surface area contributed by atoms with Gasteiger partial charge in [0.05, 0.1) is 22.7 Å². The van der Waals surface area contributed by atoms with Gasteiger partial charge in [-0.05, 0) is 40.2 Å². The van der Waals surface area contributed by atoms with Crippen LogP contribution in [-0.4, -0.2) is 35.2 Å². The van der Waals surface area contributed by atoms with Crippen molar-refractivity contribution in [2.45, 2.75) is 0 Å². The van der Waals surface area contributed by atoms with Crippen LogP contribution in [0, 0.1) is 10.1 Å². The van der Waals surface area contributed by atoms with Crippen LogP contribution >= 0.6 is 15.9 Å². The molecule has 0 aliphatic heterocycles. The van der Waals surface area contributed by atoms with Gasteiger partial charge in [-0.2, -0.15) is 0 Å². The number of hydrogen-bond donors (Lipinski definition) is 1. The smallest absolute Gasteiger partial charge is 0.276 e. The van der Waals surface area contributed by atoms with Gasteiger partial charge in [-0.25, -0.2) is 0 Å². The summed E-state index contributed by atoms with van der Waals surface area (Å²) in [5.74, 6) is -0.794. The van der Waals surface area contributed by atoms with Gasteiger partial charge >= 0.3 is 0 Å². The molecule has 0 radical (unpaired) electrons. The Bertz CT molecular complexity index is 867. The molecule has 1 N–H and O–H groups in total. The molecule has 8 heteroatoms. The summed E-state index contributed by atoms with van der Waals surface area (Å²) in [7, 11) is 1.48. The molecule has 0 bridgehead atoms. The number of likely N-dealkylation sites (N-methyl/N-ethyl adjacent to an activating group) is 1. The third kappa shape index (κ3) is 5.25. The van der Waals surface area contributed by atoms with Crippen molar-refractivity contribution >= 4 is 45.2 Å². The van der Waals surface area contributed by atoms with E-state index in [-0.39, 0.29) is 18.1 Å². The van der Waals surface area contributed by atoms with Crippen molar-refractivity contribution in [2.75, 3.05) is 18.9 Å². The SMILES string of the molecule is CN(CC(=O)Nc1ccccc1Br)C(=O)/C=C/c1ccccc1[N+](=O)[O-]. The first-order chi connectivity index (χ1) is 12.4. The van der Waals surface area contributed by atoms with E-state index in [1.54, 1.807) is 36.4 Å². The Morgan fingerprint density at radius 2 is 1.85 bits per heavy atom. The Labute approximate surface area is 158 Å². The number of nitro benzene ring substituents is 1. The molecule has 2 rings (SSSR count). The van der Waals surface area contributed by atoms with Gasteiger partial charge in [0.2, 0.25) is 11.8 Å². The number of halogens is 1. The van der Waals surface area contributed by atoms with Gasteiger partial charge in [0.1, 0.15) is 0 Å². The van der Waals surface area contributed by atoms with Crippen LogP contribution in [0.25, 0.3) is 6.08 Å². The fourth-order valence-corrected chi connectivity index (χ4v) is 2.51. The zero-order chi connectivity index (χ0) is 19.1. The molecule has 0 fully saturated rings. The van der Waals surface area contributed by atoms with Crippen LogP contribution in [0.4, 0.5) is 11.4 Å². The van der Waals surface area contributed by atoms with Crippen LogP contribution in [-0.2, 0) is 9.59 Å². The first kappa shape index (κ1) is 19.3. The molecule has 2 amide bonds. The topological polar surface area (TPSA) is 92.6 Å². The average molecular weight is 418 g/mol. The van der Waals surface area contributed by atoms with Gasteiger partial charge in [-0.15, -0.1) is 0 Å². The van der Waals surface area contributed by atoms with Crippen molar-refractivity contribution in [3.8, 4) is 0 Å². The molecule has 0 saturated heterocycles. The van der Waals surface area contributed by atoms with Crippen LogP contribution in [0.15, 0.2) is 59.1 Å². The molecule has 134 valence electrons. The molecule has 0 aliphatic rings. The lowest BCUT2D eigenvalue weighted by Gasteiger charge is -2.15. The number of carbonyl (C=O) groups excluding carboxylic acids is 2. The molecule has 0 aromatic heterocycles. The zero-order valence-electron chi connectivity index (χ0n) is 13.9. The van der Waals surface area contributed by atoms with Crippen molar-refractivity contribution in [1.29, 1.82) is 0 Å². The Hall–Kier alpha value is -3.00. The second-order valence-electron chi connectivity index (χ2n) is 5.37. The first-order valence-corrected chi connectivity index (χ1v) is 8.38. The molecule has 7 nitrogen and oxygen atoms in total. The van der Waals surface area contributed by atoms with Gasteiger partial charge in [-0.1, -0.05) is 24.3 Å². The quantitative estimate of drug-likeness (QED) is 0.442. The highest BCUT2D eigenvalue weighted by Crippen LogP contribution is 2.21. The minimum Gasteiger partial charge on any atom is -0.333 e. The molecule has 0 aliphatic carbocycles. The van der Waals surface area contributed by atoms with Crippen molar-refractivity contribution in [3.05, 3.63) is 74.8 Å². The van der Waals surface area contributed by atoms with E-state index >= 15 is 0 Å². The summed E-state index contributed by atoms with van der Waals surface area (Å²) in [6.45, 7) is -0.151. The van der Waals surface area contributed by atoms with Crippen LogP contribution in [0.1, 0.15) is 5.56 Å².